The molecule has 0 radical (unpaired) electrons. The monoisotopic (exact) mass is 314 g/mol. The first-order chi connectivity index (χ1) is 11.1. The van der Waals surface area contributed by atoms with Gasteiger partial charge in [-0.05, 0) is 50.3 Å². The number of hydrogen-bond acceptors (Lipinski definition) is 5. The third kappa shape index (κ3) is 3.12. The van der Waals surface area contributed by atoms with Gasteiger partial charge in [-0.25, -0.2) is 0 Å². The van der Waals surface area contributed by atoms with Gasteiger partial charge in [-0.15, -0.1) is 0 Å². The summed E-state index contributed by atoms with van der Waals surface area (Å²) in [7, 11) is 0. The van der Waals surface area contributed by atoms with Gasteiger partial charge in [0.15, 0.2) is 0 Å². The lowest BCUT2D eigenvalue weighted by Gasteiger charge is -2.32. The van der Waals surface area contributed by atoms with Crippen molar-refractivity contribution in [3.05, 3.63) is 35.3 Å². The first kappa shape index (κ1) is 15.7. The van der Waals surface area contributed by atoms with Gasteiger partial charge in [0, 0.05) is 19.3 Å². The van der Waals surface area contributed by atoms with E-state index in [0.29, 0.717) is 5.92 Å². The number of carbonyl (C=O) groups excluding carboxylic acids is 1. The van der Waals surface area contributed by atoms with Crippen LogP contribution in [0.1, 0.15) is 35.8 Å². The third-order valence-corrected chi connectivity index (χ3v) is 4.57. The molecule has 0 bridgehead atoms. The number of rotatable bonds is 3. The van der Waals surface area contributed by atoms with Gasteiger partial charge in [-0.3, -0.25) is 9.78 Å². The zero-order valence-electron chi connectivity index (χ0n) is 13.6. The Morgan fingerprint density at radius 3 is 2.74 bits per heavy atom. The summed E-state index contributed by atoms with van der Waals surface area (Å²) < 4.78 is 5.24. The van der Waals surface area contributed by atoms with Crippen molar-refractivity contribution in [2.45, 2.75) is 32.6 Å². The summed E-state index contributed by atoms with van der Waals surface area (Å²) in [4.78, 5) is 18.0. The van der Waals surface area contributed by atoms with Crippen molar-refractivity contribution in [1.29, 1.82) is 0 Å². The van der Waals surface area contributed by atoms with E-state index in [1.54, 1.807) is 0 Å². The molecule has 122 valence electrons. The van der Waals surface area contributed by atoms with Crippen LogP contribution in [0.15, 0.2) is 22.9 Å². The zero-order valence-corrected chi connectivity index (χ0v) is 13.6. The highest BCUT2D eigenvalue weighted by Gasteiger charge is 2.24. The second kappa shape index (κ2) is 6.50. The normalized spacial score (nSPS) is 15.9. The molecule has 1 saturated heterocycles. The molecule has 0 aliphatic carbocycles. The Morgan fingerprint density at radius 2 is 2.13 bits per heavy atom. The van der Waals surface area contributed by atoms with Crippen LogP contribution in [0.25, 0.3) is 11.3 Å². The number of carbonyl (C=O) groups is 1. The minimum atomic E-state index is 0.0367. The summed E-state index contributed by atoms with van der Waals surface area (Å²) in [6.45, 7) is 5.46. The molecule has 0 atom stereocenters. The van der Waals surface area contributed by atoms with Crippen LogP contribution in [0.4, 0.5) is 0 Å². The fourth-order valence-corrected chi connectivity index (χ4v) is 3.28. The fourth-order valence-electron chi connectivity index (χ4n) is 3.28. The van der Waals surface area contributed by atoms with Crippen LogP contribution >= 0.6 is 0 Å². The molecule has 2 aromatic heterocycles. The number of nitrogens with two attached hydrogens (primary N) is 1. The molecule has 0 unspecified atom stereocenters. The van der Waals surface area contributed by atoms with Crippen LogP contribution in [0, 0.1) is 13.8 Å². The minimum Gasteiger partial charge on any atom is -0.361 e. The van der Waals surface area contributed by atoms with Crippen LogP contribution in [-0.4, -0.2) is 40.6 Å². The van der Waals surface area contributed by atoms with Crippen molar-refractivity contribution < 1.29 is 9.32 Å². The number of piperidine rings is 1. The van der Waals surface area contributed by atoms with Crippen molar-refractivity contribution >= 4 is 5.91 Å². The SMILES string of the molecule is Cc1noc(C)c1-c1cc(C2CCN(C(=O)CN)CC2)ccn1. The quantitative estimate of drug-likeness (QED) is 0.936. The highest BCUT2D eigenvalue weighted by Crippen LogP contribution is 2.31. The predicted octanol–water partition coefficient (Wildman–Crippen LogP) is 2.02. The maximum Gasteiger partial charge on any atom is 0.236 e. The molecular weight excluding hydrogens is 292 g/mol. The smallest absolute Gasteiger partial charge is 0.236 e. The average Bonchev–Trinajstić information content (AvgIpc) is 2.93. The standard InChI is InChI=1S/C17H22N4O2/c1-11-17(12(2)23-20-11)15-9-14(3-6-19-15)13-4-7-21(8-5-13)16(22)10-18/h3,6,9,13H,4-5,7-8,10,18H2,1-2H3. The Kier molecular flexibility index (Phi) is 4.43. The van der Waals surface area contributed by atoms with Gasteiger partial charge < -0.3 is 15.2 Å². The van der Waals surface area contributed by atoms with Crippen LogP contribution in [-0.2, 0) is 4.79 Å². The van der Waals surface area contributed by atoms with E-state index in [-0.39, 0.29) is 12.5 Å². The molecule has 0 aromatic carbocycles. The molecule has 0 spiro atoms. The first-order valence-electron chi connectivity index (χ1n) is 7.97. The molecule has 3 heterocycles. The van der Waals surface area contributed by atoms with Crippen LogP contribution in [0.3, 0.4) is 0 Å². The lowest BCUT2D eigenvalue weighted by molar-refractivity contribution is -0.130. The second-order valence-electron chi connectivity index (χ2n) is 6.03. The van der Waals surface area contributed by atoms with Gasteiger partial charge in [0.05, 0.1) is 23.5 Å². The summed E-state index contributed by atoms with van der Waals surface area (Å²) >= 11 is 0. The van der Waals surface area contributed by atoms with Gasteiger partial charge in [0.25, 0.3) is 0 Å². The summed E-state index contributed by atoms with van der Waals surface area (Å²) in [5, 5.41) is 4.00. The molecule has 6 heteroatoms. The van der Waals surface area contributed by atoms with E-state index >= 15 is 0 Å². The van der Waals surface area contributed by atoms with E-state index in [2.05, 4.69) is 22.3 Å². The van der Waals surface area contributed by atoms with E-state index in [1.165, 1.54) is 5.56 Å². The fraction of sp³-hybridized carbons (Fsp3) is 0.471. The van der Waals surface area contributed by atoms with E-state index in [0.717, 1.165) is 48.6 Å². The van der Waals surface area contributed by atoms with E-state index < -0.39 is 0 Å². The molecule has 1 fully saturated rings. The number of aromatic nitrogens is 2. The topological polar surface area (TPSA) is 85.2 Å². The number of hydrogen-bond donors (Lipinski definition) is 1. The van der Waals surface area contributed by atoms with Crippen molar-refractivity contribution in [3.8, 4) is 11.3 Å². The summed E-state index contributed by atoms with van der Waals surface area (Å²) in [6, 6.07) is 4.18. The highest BCUT2D eigenvalue weighted by atomic mass is 16.5. The summed E-state index contributed by atoms with van der Waals surface area (Å²) in [5.74, 6) is 1.27. The van der Waals surface area contributed by atoms with Crippen LogP contribution in [0.5, 0.6) is 0 Å². The van der Waals surface area contributed by atoms with E-state index in [9.17, 15) is 4.79 Å². The molecule has 0 saturated carbocycles. The highest BCUT2D eigenvalue weighted by molar-refractivity contribution is 5.78. The van der Waals surface area contributed by atoms with Crippen LogP contribution in [0.2, 0.25) is 0 Å². The number of aryl methyl sites for hydroxylation is 2. The average molecular weight is 314 g/mol. The minimum absolute atomic E-state index is 0.0367. The number of nitrogens with zero attached hydrogens (tertiary/aromatic N) is 3. The molecular formula is C17H22N4O2. The van der Waals surface area contributed by atoms with Crippen LogP contribution < -0.4 is 5.73 Å². The first-order valence-corrected chi connectivity index (χ1v) is 7.97. The van der Waals surface area contributed by atoms with Gasteiger partial charge in [-0.2, -0.15) is 0 Å². The molecule has 2 aromatic rings. The molecule has 1 amide bonds. The molecule has 1 aliphatic heterocycles. The predicted molar refractivity (Wildman–Crippen MR) is 86.8 cm³/mol. The van der Waals surface area contributed by atoms with Crippen molar-refractivity contribution in [3.63, 3.8) is 0 Å². The Balaban J connectivity index is 1.78. The van der Waals surface area contributed by atoms with Gasteiger partial charge in [-0.1, -0.05) is 5.16 Å². The Hall–Kier alpha value is -2.21. The lowest BCUT2D eigenvalue weighted by atomic mass is 9.89. The summed E-state index contributed by atoms with van der Waals surface area (Å²) in [6.07, 6.45) is 3.75. The van der Waals surface area contributed by atoms with Crippen molar-refractivity contribution in [2.24, 2.45) is 5.73 Å². The number of pyridine rings is 1. The molecule has 23 heavy (non-hydrogen) atoms. The Bertz CT molecular complexity index is 683. The summed E-state index contributed by atoms with van der Waals surface area (Å²) in [5.41, 5.74) is 9.43. The van der Waals surface area contributed by atoms with Gasteiger partial charge in [0.1, 0.15) is 5.76 Å². The Labute approximate surface area is 135 Å². The number of amides is 1. The largest absolute Gasteiger partial charge is 0.361 e. The van der Waals surface area contributed by atoms with Gasteiger partial charge in [0.2, 0.25) is 5.91 Å². The Morgan fingerprint density at radius 1 is 1.39 bits per heavy atom. The van der Waals surface area contributed by atoms with Crippen molar-refractivity contribution in [2.75, 3.05) is 19.6 Å². The molecule has 1 aliphatic rings. The molecule has 3 rings (SSSR count). The second-order valence-corrected chi connectivity index (χ2v) is 6.03. The zero-order chi connectivity index (χ0) is 16.4. The van der Waals surface area contributed by atoms with E-state index in [4.69, 9.17) is 10.3 Å². The third-order valence-electron chi connectivity index (χ3n) is 4.57. The van der Waals surface area contributed by atoms with E-state index in [1.807, 2.05) is 24.9 Å². The molecule has 6 nitrogen and oxygen atoms in total. The lowest BCUT2D eigenvalue weighted by Crippen LogP contribution is -2.41. The number of likely N-dealkylation sites (tertiary alicyclic amines) is 1. The maximum atomic E-state index is 11.7. The van der Waals surface area contributed by atoms with Gasteiger partial charge >= 0.3 is 0 Å². The molecule has 2 N–H and O–H groups in total. The van der Waals surface area contributed by atoms with Crippen molar-refractivity contribution in [1.82, 2.24) is 15.0 Å². The maximum absolute atomic E-state index is 11.7.